The lowest BCUT2D eigenvalue weighted by Gasteiger charge is -2.19. The summed E-state index contributed by atoms with van der Waals surface area (Å²) in [5.41, 5.74) is 1.33. The lowest BCUT2D eigenvalue weighted by atomic mass is 10.2. The molecule has 0 saturated carbocycles. The fourth-order valence-electron chi connectivity index (χ4n) is 2.13. The first-order chi connectivity index (χ1) is 12.8. The molecule has 0 heterocycles. The molecule has 3 N–H and O–H groups in total. The molecule has 2 rings (SSSR count). The van der Waals surface area contributed by atoms with E-state index in [1.165, 1.54) is 12.1 Å². The lowest BCUT2D eigenvalue weighted by Crippen LogP contribution is -2.46. The van der Waals surface area contributed by atoms with Gasteiger partial charge in [0.2, 0.25) is 10.0 Å². The number of hydrogen-bond donors (Lipinski definition) is 2. The Morgan fingerprint density at radius 2 is 1.71 bits per heavy atom. The van der Waals surface area contributed by atoms with Crippen LogP contribution in [0.1, 0.15) is 10.4 Å². The van der Waals surface area contributed by atoms with Crippen LogP contribution in [0.15, 0.2) is 52.3 Å². The topological polar surface area (TPSA) is 170 Å². The number of nitrogens with two attached hydrogens (primary N) is 1. The van der Waals surface area contributed by atoms with E-state index in [2.05, 4.69) is 0 Å². The van der Waals surface area contributed by atoms with E-state index in [0.717, 1.165) is 36.6 Å². The molecule has 0 aromatic heterocycles. The van der Waals surface area contributed by atoms with E-state index in [1.54, 1.807) is 5.53 Å². The van der Waals surface area contributed by atoms with E-state index >= 15 is 0 Å². The van der Waals surface area contributed by atoms with Crippen LogP contribution in [0, 0.1) is 10.1 Å². The van der Waals surface area contributed by atoms with Gasteiger partial charge in [-0.2, -0.15) is 5.01 Å². The zero-order valence-electron chi connectivity index (χ0n) is 14.1. The quantitative estimate of drug-likeness (QED) is 0.481. The number of hydrogen-bond acceptors (Lipinski definition) is 7. The summed E-state index contributed by atoms with van der Waals surface area (Å²) in [7, 11) is -7.77. The van der Waals surface area contributed by atoms with Crippen LogP contribution >= 0.6 is 11.6 Å². The Morgan fingerprint density at radius 1 is 1.14 bits per heavy atom. The van der Waals surface area contributed by atoms with Gasteiger partial charge in [-0.3, -0.25) is 4.79 Å². The second kappa shape index (κ2) is 7.71. The van der Waals surface area contributed by atoms with Gasteiger partial charge in [0, 0.05) is 11.8 Å². The van der Waals surface area contributed by atoms with Crippen LogP contribution in [0.2, 0.25) is 5.02 Å². The molecule has 14 heteroatoms. The Morgan fingerprint density at radius 3 is 2.18 bits per heavy atom. The molecule has 0 atom stereocenters. The van der Waals surface area contributed by atoms with Gasteiger partial charge in [-0.25, -0.2) is 32.1 Å². The number of nitrogens with zero attached hydrogens (tertiary/aromatic N) is 2. The van der Waals surface area contributed by atoms with Gasteiger partial charge < -0.3 is 0 Å². The normalized spacial score (nSPS) is 11.7. The van der Waals surface area contributed by atoms with Crippen LogP contribution in [-0.2, 0) is 19.9 Å². The number of rotatable bonds is 6. The minimum atomic E-state index is -4.25. The van der Waals surface area contributed by atoms with Gasteiger partial charge in [-0.15, -0.1) is 0 Å². The number of nitrogens with one attached hydrogen (secondary N) is 1. The fraction of sp³-hybridized carbons (Fsp3) is 0.0714. The van der Waals surface area contributed by atoms with Crippen molar-refractivity contribution >= 4 is 43.1 Å². The molecule has 11 nitrogen and oxygen atoms in total. The summed E-state index contributed by atoms with van der Waals surface area (Å²) >= 11 is 5.76. The average molecular weight is 449 g/mol. The monoisotopic (exact) mass is 448 g/mol. The number of amides is 1. The number of primary sulfonamides is 1. The summed E-state index contributed by atoms with van der Waals surface area (Å²) in [4.78, 5) is 23.0. The van der Waals surface area contributed by atoms with E-state index in [1.807, 2.05) is 0 Å². The number of benzene rings is 2. The largest absolute Gasteiger partial charge is 0.281 e. The predicted octanol–water partition coefficient (Wildman–Crippen LogP) is 0.734. The summed E-state index contributed by atoms with van der Waals surface area (Å²) in [5.74, 6) is -1.01. The molecule has 0 saturated heterocycles. The Labute approximate surface area is 164 Å². The highest BCUT2D eigenvalue weighted by Gasteiger charge is 2.24. The van der Waals surface area contributed by atoms with Crippen molar-refractivity contribution < 1.29 is 26.7 Å². The molecule has 0 unspecified atom stereocenters. The number of hydrazine groups is 2. The van der Waals surface area contributed by atoms with Crippen molar-refractivity contribution in [1.29, 1.82) is 0 Å². The molecule has 1 amide bonds. The van der Waals surface area contributed by atoms with Crippen LogP contribution in [0.5, 0.6) is 0 Å². The average Bonchev–Trinajstić information content (AvgIpc) is 2.57. The highest BCUT2D eigenvalue weighted by Crippen LogP contribution is 2.24. The van der Waals surface area contributed by atoms with E-state index in [0.29, 0.717) is 5.01 Å². The van der Waals surface area contributed by atoms with Crippen LogP contribution in [0.3, 0.4) is 0 Å². The Kier molecular flexibility index (Phi) is 5.94. The maximum Gasteiger partial charge on any atom is 0.281 e. The number of carbonyl (C=O) groups excluding carboxylic acids is 1. The molecule has 0 aliphatic rings. The van der Waals surface area contributed by atoms with E-state index in [4.69, 9.17) is 16.7 Å². The molecule has 0 aliphatic carbocycles. The number of carbonyl (C=O) groups is 1. The highest BCUT2D eigenvalue weighted by molar-refractivity contribution is 7.90. The van der Waals surface area contributed by atoms with Gasteiger partial charge in [0.05, 0.1) is 15.6 Å². The highest BCUT2D eigenvalue weighted by atomic mass is 35.5. The third-order valence-electron chi connectivity index (χ3n) is 3.39. The van der Waals surface area contributed by atoms with Crippen molar-refractivity contribution in [2.45, 2.75) is 9.79 Å². The second-order valence-electron chi connectivity index (χ2n) is 5.45. The van der Waals surface area contributed by atoms with Crippen molar-refractivity contribution in [3.63, 3.8) is 0 Å². The first-order valence-electron chi connectivity index (χ1n) is 7.18. The van der Waals surface area contributed by atoms with Crippen molar-refractivity contribution in [3.8, 4) is 0 Å². The van der Waals surface area contributed by atoms with Gasteiger partial charge in [-0.05, 0) is 48.0 Å². The van der Waals surface area contributed by atoms with Crippen LogP contribution in [0.4, 0.5) is 5.69 Å². The molecule has 28 heavy (non-hydrogen) atoms. The zero-order chi connectivity index (χ0) is 21.3. The van der Waals surface area contributed by atoms with E-state index in [9.17, 15) is 31.7 Å². The van der Waals surface area contributed by atoms with Gasteiger partial charge >= 0.3 is 0 Å². The summed E-state index contributed by atoms with van der Waals surface area (Å²) in [6, 6.07) is 7.78. The Balaban J connectivity index is 2.52. The fourth-order valence-corrected chi connectivity index (χ4v) is 3.83. The third-order valence-corrected chi connectivity index (χ3v) is 5.91. The SMILES string of the molecule is CS(=O)(=O)c1ccc(N(N[N+](=O)[O-])C(=O)c2ccc(Cl)c(S(N)(=O)=O)c2)cc1. The summed E-state index contributed by atoms with van der Waals surface area (Å²) in [5, 5.41) is 15.2. The predicted molar refractivity (Wildman–Crippen MR) is 99.3 cm³/mol. The Hall–Kier alpha value is -2.74. The number of sulfone groups is 1. The molecular weight excluding hydrogens is 436 g/mol. The zero-order valence-corrected chi connectivity index (χ0v) is 16.5. The van der Waals surface area contributed by atoms with Gasteiger partial charge in [-0.1, -0.05) is 11.6 Å². The number of nitro groups is 1. The molecular formula is C14H13ClN4O7S2. The van der Waals surface area contributed by atoms with E-state index < -0.39 is 35.7 Å². The molecule has 0 radical (unpaired) electrons. The van der Waals surface area contributed by atoms with Crippen LogP contribution in [-0.4, -0.2) is 34.0 Å². The van der Waals surface area contributed by atoms with Gasteiger partial charge in [0.15, 0.2) is 14.9 Å². The van der Waals surface area contributed by atoms with Gasteiger partial charge in [0.1, 0.15) is 4.90 Å². The summed E-state index contributed by atoms with van der Waals surface area (Å²) in [6.07, 6.45) is 0.975. The molecule has 0 bridgehead atoms. The van der Waals surface area contributed by atoms with E-state index in [-0.39, 0.29) is 21.2 Å². The first kappa shape index (κ1) is 21.6. The minimum Gasteiger partial charge on any atom is -0.267 e. The van der Waals surface area contributed by atoms with Gasteiger partial charge in [0.25, 0.3) is 5.91 Å². The number of halogens is 1. The molecule has 0 fully saturated rings. The standard InChI is InChI=1S/C14H13ClN4O7S2/c1-27(23,24)11-5-3-10(4-6-11)18(17-19(21)22)14(20)9-2-7-12(15)13(8-9)28(16,25)26/h2-8,17H,1H3,(H2,16,25,26). The molecule has 2 aromatic carbocycles. The summed E-state index contributed by atoms with van der Waals surface area (Å²) < 4.78 is 46.2. The maximum absolute atomic E-state index is 12.7. The molecule has 0 spiro atoms. The van der Waals surface area contributed by atoms with Crippen molar-refractivity contribution in [2.24, 2.45) is 5.14 Å². The molecule has 0 aliphatic heterocycles. The summed E-state index contributed by atoms with van der Waals surface area (Å²) in [6.45, 7) is 0. The molecule has 150 valence electrons. The van der Waals surface area contributed by atoms with Crippen LogP contribution < -0.4 is 15.7 Å². The number of sulfonamides is 1. The lowest BCUT2D eigenvalue weighted by molar-refractivity contribution is -0.544. The molecule has 2 aromatic rings. The van der Waals surface area contributed by atoms with Crippen LogP contribution in [0.25, 0.3) is 0 Å². The maximum atomic E-state index is 12.7. The Bertz CT molecular complexity index is 1150. The third kappa shape index (κ3) is 4.95. The second-order valence-corrected chi connectivity index (χ2v) is 9.41. The van der Waals surface area contributed by atoms with Crippen molar-refractivity contribution in [1.82, 2.24) is 5.53 Å². The first-order valence-corrected chi connectivity index (χ1v) is 11.0. The minimum absolute atomic E-state index is 0.0623. The smallest absolute Gasteiger partial charge is 0.267 e. The van der Waals surface area contributed by atoms with Crippen molar-refractivity contribution in [2.75, 3.05) is 11.3 Å². The number of anilines is 1. The van der Waals surface area contributed by atoms with Crippen molar-refractivity contribution in [3.05, 3.63) is 63.2 Å².